The number of pyridine rings is 1. The van der Waals surface area contributed by atoms with Gasteiger partial charge in [-0.1, -0.05) is 146 Å². The summed E-state index contributed by atoms with van der Waals surface area (Å²) in [5.41, 5.74) is 13.3. The molecule has 5 nitrogen and oxygen atoms in total. The van der Waals surface area contributed by atoms with Crippen LogP contribution >= 0.6 is 0 Å². The minimum absolute atomic E-state index is 0.583. The molecule has 10 rings (SSSR count). The Balaban J connectivity index is 1.11. The minimum Gasteiger partial charge on any atom is -0.456 e. The van der Waals surface area contributed by atoms with Crippen LogP contribution in [0.4, 0.5) is 0 Å². The van der Waals surface area contributed by atoms with E-state index in [4.69, 9.17) is 19.4 Å². The number of hydrogen-bond acceptors (Lipinski definition) is 5. The van der Waals surface area contributed by atoms with Gasteiger partial charge in [-0.3, -0.25) is 4.98 Å². The lowest BCUT2D eigenvalue weighted by Crippen LogP contribution is -2.00. The molecule has 0 bridgehead atoms. The number of hydrogen-bond donors (Lipinski definition) is 0. The SMILES string of the molecule is c1ccc(-c2nc(-c3ccc(-c4cc(-c5ccccc5)c(-c5cccnc5)cc4-c4ccccc4)cc3)nc(-c3ccc4c(c3)oc3ccccc34)n2)cc1. The lowest BCUT2D eigenvalue weighted by Gasteiger charge is -2.18. The smallest absolute Gasteiger partial charge is 0.164 e. The van der Waals surface area contributed by atoms with E-state index in [9.17, 15) is 0 Å². The van der Waals surface area contributed by atoms with Gasteiger partial charge in [0.2, 0.25) is 0 Å². The lowest BCUT2D eigenvalue weighted by molar-refractivity contribution is 0.669. The van der Waals surface area contributed by atoms with E-state index >= 15 is 0 Å². The van der Waals surface area contributed by atoms with Crippen molar-refractivity contribution in [1.29, 1.82) is 0 Å². The maximum Gasteiger partial charge on any atom is 0.164 e. The van der Waals surface area contributed by atoms with Crippen molar-refractivity contribution in [3.63, 3.8) is 0 Å². The van der Waals surface area contributed by atoms with Gasteiger partial charge in [0, 0.05) is 45.4 Å². The van der Waals surface area contributed by atoms with Gasteiger partial charge in [0.15, 0.2) is 17.5 Å². The molecular weight excluding hydrogens is 673 g/mol. The Morgan fingerprint density at radius 3 is 1.35 bits per heavy atom. The number of para-hydroxylation sites is 1. The van der Waals surface area contributed by atoms with Crippen molar-refractivity contribution in [2.75, 3.05) is 0 Å². The zero-order valence-corrected chi connectivity index (χ0v) is 29.7. The van der Waals surface area contributed by atoms with E-state index in [0.717, 1.165) is 83.1 Å². The molecule has 0 amide bonds. The van der Waals surface area contributed by atoms with Crippen molar-refractivity contribution in [2.45, 2.75) is 0 Å². The maximum atomic E-state index is 6.24. The van der Waals surface area contributed by atoms with Crippen molar-refractivity contribution < 1.29 is 4.42 Å². The third-order valence-corrected chi connectivity index (χ3v) is 10.1. The second-order valence-corrected chi connectivity index (χ2v) is 13.5. The number of furan rings is 1. The summed E-state index contributed by atoms with van der Waals surface area (Å²) in [7, 11) is 0. The standard InChI is InChI=1S/C50H32N4O/c1-4-13-33(14-5-1)42-31-45(39-19-12-28-51-32-39)43(34-15-6-2-7-16-34)30-44(42)35-22-24-37(25-23-35)49-52-48(36-17-8-3-9-18-36)53-50(54-49)38-26-27-41-40-20-10-11-21-46(40)55-47(41)29-38/h1-32H. The average Bonchev–Trinajstić information content (AvgIpc) is 3.65. The number of nitrogens with zero attached hydrogens (tertiary/aromatic N) is 4. The van der Waals surface area contributed by atoms with Crippen molar-refractivity contribution >= 4 is 21.9 Å². The van der Waals surface area contributed by atoms with E-state index in [2.05, 4.69) is 126 Å². The highest BCUT2D eigenvalue weighted by Crippen LogP contribution is 2.42. The van der Waals surface area contributed by atoms with Crippen LogP contribution in [-0.4, -0.2) is 19.9 Å². The van der Waals surface area contributed by atoms with Gasteiger partial charge in [0.05, 0.1) is 0 Å². The first-order valence-corrected chi connectivity index (χ1v) is 18.3. The fourth-order valence-electron chi connectivity index (χ4n) is 7.33. The number of rotatable bonds is 7. The summed E-state index contributed by atoms with van der Waals surface area (Å²) in [4.78, 5) is 19.5. The summed E-state index contributed by atoms with van der Waals surface area (Å²) < 4.78 is 6.24. The maximum absolute atomic E-state index is 6.24. The molecule has 0 fully saturated rings. The minimum atomic E-state index is 0.583. The summed E-state index contributed by atoms with van der Waals surface area (Å²) in [6.07, 6.45) is 3.75. The van der Waals surface area contributed by atoms with Crippen LogP contribution in [-0.2, 0) is 0 Å². The fraction of sp³-hybridized carbons (Fsp3) is 0. The summed E-state index contributed by atoms with van der Waals surface area (Å²) in [5.74, 6) is 1.79. The summed E-state index contributed by atoms with van der Waals surface area (Å²) in [5, 5.41) is 2.15. The molecule has 55 heavy (non-hydrogen) atoms. The van der Waals surface area contributed by atoms with Gasteiger partial charge in [-0.25, -0.2) is 15.0 Å². The van der Waals surface area contributed by atoms with E-state index in [1.54, 1.807) is 0 Å². The van der Waals surface area contributed by atoms with E-state index in [-0.39, 0.29) is 0 Å². The fourth-order valence-corrected chi connectivity index (χ4v) is 7.33. The normalized spacial score (nSPS) is 11.3. The zero-order valence-electron chi connectivity index (χ0n) is 29.7. The Bertz CT molecular complexity index is 2940. The molecule has 0 N–H and O–H groups in total. The molecule has 10 aromatic rings. The average molecular weight is 705 g/mol. The molecule has 258 valence electrons. The number of fused-ring (bicyclic) bond motifs is 3. The van der Waals surface area contributed by atoms with Crippen molar-refractivity contribution in [3.05, 3.63) is 194 Å². The summed E-state index contributed by atoms with van der Waals surface area (Å²) >= 11 is 0. The number of aromatic nitrogens is 4. The number of benzene rings is 7. The van der Waals surface area contributed by atoms with E-state index in [1.165, 1.54) is 0 Å². The van der Waals surface area contributed by atoms with Crippen LogP contribution < -0.4 is 0 Å². The lowest BCUT2D eigenvalue weighted by atomic mass is 9.86. The quantitative estimate of drug-likeness (QED) is 0.165. The Labute approximate surface area is 318 Å². The van der Waals surface area contributed by atoms with Gasteiger partial charge >= 0.3 is 0 Å². The van der Waals surface area contributed by atoms with Crippen LogP contribution in [0.3, 0.4) is 0 Å². The third-order valence-electron chi connectivity index (χ3n) is 10.1. The summed E-state index contributed by atoms with van der Waals surface area (Å²) in [6.45, 7) is 0. The monoisotopic (exact) mass is 704 g/mol. The van der Waals surface area contributed by atoms with E-state index in [0.29, 0.717) is 17.5 Å². The highest BCUT2D eigenvalue weighted by molar-refractivity contribution is 6.05. The first-order valence-electron chi connectivity index (χ1n) is 18.3. The van der Waals surface area contributed by atoms with Gasteiger partial charge in [0.1, 0.15) is 11.2 Å². The zero-order chi connectivity index (χ0) is 36.6. The molecule has 0 radical (unpaired) electrons. The Kier molecular flexibility index (Phi) is 8.08. The predicted octanol–water partition coefficient (Wildman–Crippen LogP) is 12.8. The molecule has 3 heterocycles. The Hall–Kier alpha value is -7.50. The molecule has 5 heteroatoms. The van der Waals surface area contributed by atoms with Crippen LogP contribution in [0.15, 0.2) is 199 Å². The molecule has 0 saturated heterocycles. The molecule has 0 aliphatic carbocycles. The van der Waals surface area contributed by atoms with Gasteiger partial charge in [0.25, 0.3) is 0 Å². The van der Waals surface area contributed by atoms with Crippen LogP contribution in [0.1, 0.15) is 0 Å². The molecule has 0 atom stereocenters. The third kappa shape index (κ3) is 6.14. The van der Waals surface area contributed by atoms with Crippen molar-refractivity contribution in [3.8, 4) is 78.7 Å². The second kappa shape index (κ2) is 13.8. The highest BCUT2D eigenvalue weighted by atomic mass is 16.3. The first-order chi connectivity index (χ1) is 27.2. The van der Waals surface area contributed by atoms with Crippen LogP contribution in [0.25, 0.3) is 101 Å². The molecule has 0 unspecified atom stereocenters. The molecule has 0 saturated carbocycles. The van der Waals surface area contributed by atoms with E-state index < -0.39 is 0 Å². The van der Waals surface area contributed by atoms with E-state index in [1.807, 2.05) is 73.1 Å². The van der Waals surface area contributed by atoms with Gasteiger partial charge in [-0.15, -0.1) is 0 Å². The molecular formula is C50H32N4O. The predicted molar refractivity (Wildman–Crippen MR) is 223 cm³/mol. The van der Waals surface area contributed by atoms with Gasteiger partial charge < -0.3 is 4.42 Å². The molecule has 0 spiro atoms. The van der Waals surface area contributed by atoms with Gasteiger partial charge in [-0.2, -0.15) is 0 Å². The second-order valence-electron chi connectivity index (χ2n) is 13.5. The largest absolute Gasteiger partial charge is 0.456 e. The van der Waals surface area contributed by atoms with Crippen molar-refractivity contribution in [1.82, 2.24) is 19.9 Å². The molecule has 0 aliphatic rings. The molecule has 3 aromatic heterocycles. The van der Waals surface area contributed by atoms with Crippen molar-refractivity contribution in [2.24, 2.45) is 0 Å². The summed E-state index contributed by atoms with van der Waals surface area (Å²) in [6, 6.07) is 62.7. The Morgan fingerprint density at radius 2 is 0.745 bits per heavy atom. The molecule has 7 aromatic carbocycles. The molecule has 0 aliphatic heterocycles. The topological polar surface area (TPSA) is 64.7 Å². The highest BCUT2D eigenvalue weighted by Gasteiger charge is 2.18. The van der Waals surface area contributed by atoms with Crippen LogP contribution in [0.2, 0.25) is 0 Å². The van der Waals surface area contributed by atoms with Gasteiger partial charge in [-0.05, 0) is 75.3 Å². The Morgan fingerprint density at radius 1 is 0.309 bits per heavy atom. The first kappa shape index (κ1) is 32.2. The van der Waals surface area contributed by atoms with Crippen LogP contribution in [0.5, 0.6) is 0 Å². The van der Waals surface area contributed by atoms with Crippen LogP contribution in [0, 0.1) is 0 Å².